The molecule has 1 aromatic carbocycles. The standard InChI is InChI=1S/C14H17N3O2S/c1-18-7-6-15-14-16-13(17-20-14)11-8-10-4-2-3-5-12(10)19-9-11/h2-5,11H,6-9H2,1H3,(H,15,16,17). The largest absolute Gasteiger partial charge is 0.493 e. The minimum absolute atomic E-state index is 0.235. The van der Waals surface area contributed by atoms with E-state index in [1.807, 2.05) is 18.2 Å². The molecule has 3 rings (SSSR count). The lowest BCUT2D eigenvalue weighted by Crippen LogP contribution is -2.20. The van der Waals surface area contributed by atoms with E-state index >= 15 is 0 Å². The highest BCUT2D eigenvalue weighted by molar-refractivity contribution is 7.09. The highest BCUT2D eigenvalue weighted by Gasteiger charge is 2.24. The van der Waals surface area contributed by atoms with Crippen LogP contribution in [0.1, 0.15) is 17.3 Å². The van der Waals surface area contributed by atoms with E-state index in [1.165, 1.54) is 17.1 Å². The quantitative estimate of drug-likeness (QED) is 0.857. The van der Waals surface area contributed by atoms with Gasteiger partial charge in [0.25, 0.3) is 0 Å². The Labute approximate surface area is 122 Å². The summed E-state index contributed by atoms with van der Waals surface area (Å²) in [6, 6.07) is 8.15. The Balaban J connectivity index is 1.66. The Morgan fingerprint density at radius 3 is 3.25 bits per heavy atom. The summed E-state index contributed by atoms with van der Waals surface area (Å²) in [5, 5.41) is 4.05. The van der Waals surface area contributed by atoms with Crippen LogP contribution < -0.4 is 10.1 Å². The maximum absolute atomic E-state index is 5.78. The topological polar surface area (TPSA) is 56.3 Å². The molecule has 2 heterocycles. The Morgan fingerprint density at radius 1 is 1.45 bits per heavy atom. The van der Waals surface area contributed by atoms with Crippen molar-refractivity contribution in [3.05, 3.63) is 35.7 Å². The molecule has 1 unspecified atom stereocenters. The van der Waals surface area contributed by atoms with Crippen LogP contribution in [-0.2, 0) is 11.2 Å². The van der Waals surface area contributed by atoms with E-state index in [9.17, 15) is 0 Å². The van der Waals surface area contributed by atoms with Gasteiger partial charge < -0.3 is 14.8 Å². The van der Waals surface area contributed by atoms with E-state index < -0.39 is 0 Å². The minimum atomic E-state index is 0.235. The Hall–Kier alpha value is -1.66. The number of fused-ring (bicyclic) bond motifs is 1. The van der Waals surface area contributed by atoms with Crippen LogP contribution in [0.5, 0.6) is 5.75 Å². The smallest absolute Gasteiger partial charge is 0.202 e. The molecular weight excluding hydrogens is 274 g/mol. The second-order valence-electron chi connectivity index (χ2n) is 4.70. The van der Waals surface area contributed by atoms with Crippen LogP contribution in [0, 0.1) is 0 Å². The van der Waals surface area contributed by atoms with Gasteiger partial charge in [0.15, 0.2) is 5.82 Å². The molecule has 0 bridgehead atoms. The zero-order valence-corrected chi connectivity index (χ0v) is 12.2. The van der Waals surface area contributed by atoms with Crippen LogP contribution in [0.2, 0.25) is 0 Å². The highest BCUT2D eigenvalue weighted by Crippen LogP contribution is 2.31. The molecule has 1 aliphatic rings. The third-order valence-corrected chi connectivity index (χ3v) is 3.96. The predicted octanol–water partition coefficient (Wildman–Crippen LogP) is 2.32. The van der Waals surface area contributed by atoms with Gasteiger partial charge in [-0.3, -0.25) is 0 Å². The molecule has 1 aliphatic heterocycles. The molecule has 0 amide bonds. The number of methoxy groups -OCH3 is 1. The van der Waals surface area contributed by atoms with Gasteiger partial charge in [-0.1, -0.05) is 18.2 Å². The average molecular weight is 291 g/mol. The van der Waals surface area contributed by atoms with Crippen LogP contribution in [0.3, 0.4) is 0 Å². The van der Waals surface area contributed by atoms with E-state index in [-0.39, 0.29) is 5.92 Å². The van der Waals surface area contributed by atoms with Crippen LogP contribution in [0.4, 0.5) is 5.13 Å². The number of nitrogens with zero attached hydrogens (tertiary/aromatic N) is 2. The molecule has 1 aromatic heterocycles. The van der Waals surface area contributed by atoms with Crippen LogP contribution in [0.25, 0.3) is 0 Å². The maximum atomic E-state index is 5.78. The number of para-hydroxylation sites is 1. The number of benzene rings is 1. The van der Waals surface area contributed by atoms with Crippen molar-refractivity contribution in [2.24, 2.45) is 0 Å². The van der Waals surface area contributed by atoms with Gasteiger partial charge in [-0.05, 0) is 18.1 Å². The summed E-state index contributed by atoms with van der Waals surface area (Å²) in [5.41, 5.74) is 1.23. The molecule has 106 valence electrons. The van der Waals surface area contributed by atoms with Gasteiger partial charge >= 0.3 is 0 Å². The maximum Gasteiger partial charge on any atom is 0.202 e. The lowest BCUT2D eigenvalue weighted by molar-refractivity contribution is 0.210. The number of hydrogen-bond acceptors (Lipinski definition) is 6. The summed E-state index contributed by atoms with van der Waals surface area (Å²) in [6.45, 7) is 2.05. The molecule has 6 heteroatoms. The Kier molecular flexibility index (Phi) is 4.13. The van der Waals surface area contributed by atoms with Crippen molar-refractivity contribution in [1.29, 1.82) is 0 Å². The number of hydrogen-bond donors (Lipinski definition) is 1. The van der Waals surface area contributed by atoms with Gasteiger partial charge in [0.05, 0.1) is 19.1 Å². The molecule has 0 saturated carbocycles. The zero-order valence-electron chi connectivity index (χ0n) is 11.3. The van der Waals surface area contributed by atoms with Crippen LogP contribution in [0.15, 0.2) is 24.3 Å². The molecule has 0 spiro atoms. The molecule has 1 atom stereocenters. The third kappa shape index (κ3) is 2.91. The Morgan fingerprint density at radius 2 is 2.35 bits per heavy atom. The number of rotatable bonds is 5. The van der Waals surface area contributed by atoms with Crippen molar-refractivity contribution in [2.45, 2.75) is 12.3 Å². The summed E-state index contributed by atoms with van der Waals surface area (Å²) in [4.78, 5) is 4.54. The van der Waals surface area contributed by atoms with Crippen molar-refractivity contribution < 1.29 is 9.47 Å². The zero-order chi connectivity index (χ0) is 13.8. The first-order valence-corrected chi connectivity index (χ1v) is 7.41. The number of ether oxygens (including phenoxy) is 2. The summed E-state index contributed by atoms with van der Waals surface area (Å²) in [7, 11) is 1.68. The summed E-state index contributed by atoms with van der Waals surface area (Å²) in [5.74, 6) is 2.08. The lowest BCUT2D eigenvalue weighted by atomic mass is 9.96. The fourth-order valence-corrected chi connectivity index (χ4v) is 2.90. The van der Waals surface area contributed by atoms with E-state index in [0.29, 0.717) is 13.2 Å². The first-order chi connectivity index (χ1) is 9.86. The van der Waals surface area contributed by atoms with Gasteiger partial charge in [-0.15, -0.1) is 0 Å². The highest BCUT2D eigenvalue weighted by atomic mass is 32.1. The van der Waals surface area contributed by atoms with Gasteiger partial charge in [0.2, 0.25) is 5.13 Å². The third-order valence-electron chi connectivity index (χ3n) is 3.27. The van der Waals surface area contributed by atoms with Gasteiger partial charge in [0, 0.05) is 25.2 Å². The van der Waals surface area contributed by atoms with Gasteiger partial charge in [-0.25, -0.2) is 4.98 Å². The average Bonchev–Trinajstić information content (AvgIpc) is 2.96. The monoisotopic (exact) mass is 291 g/mol. The first kappa shape index (κ1) is 13.3. The van der Waals surface area contributed by atoms with Crippen LogP contribution >= 0.6 is 11.5 Å². The molecule has 0 saturated heterocycles. The normalized spacial score (nSPS) is 17.4. The van der Waals surface area contributed by atoms with Gasteiger partial charge in [-0.2, -0.15) is 4.37 Å². The molecule has 2 aromatic rings. The SMILES string of the molecule is COCCNc1nc(C2COc3ccccc3C2)ns1. The van der Waals surface area contributed by atoms with Crippen molar-refractivity contribution in [3.63, 3.8) is 0 Å². The summed E-state index contributed by atoms with van der Waals surface area (Å²) >= 11 is 1.39. The predicted molar refractivity (Wildman–Crippen MR) is 78.7 cm³/mol. The molecular formula is C14H17N3O2S. The number of anilines is 1. The van der Waals surface area contributed by atoms with E-state index in [2.05, 4.69) is 20.7 Å². The molecule has 1 N–H and O–H groups in total. The number of nitrogens with one attached hydrogen (secondary N) is 1. The molecule has 0 radical (unpaired) electrons. The van der Waals surface area contributed by atoms with E-state index in [0.717, 1.165) is 29.7 Å². The van der Waals surface area contributed by atoms with Crippen molar-refractivity contribution in [2.75, 3.05) is 32.2 Å². The summed E-state index contributed by atoms with van der Waals surface area (Å²) < 4.78 is 15.2. The lowest BCUT2D eigenvalue weighted by Gasteiger charge is -2.23. The van der Waals surface area contributed by atoms with Crippen molar-refractivity contribution in [3.8, 4) is 5.75 Å². The Bertz CT molecular complexity index is 573. The molecule has 0 aliphatic carbocycles. The second kappa shape index (κ2) is 6.19. The van der Waals surface area contributed by atoms with Crippen molar-refractivity contribution >= 4 is 16.7 Å². The van der Waals surface area contributed by atoms with Crippen LogP contribution in [-0.4, -0.2) is 36.2 Å². The summed E-state index contributed by atoms with van der Waals surface area (Å²) in [6.07, 6.45) is 0.935. The number of aromatic nitrogens is 2. The minimum Gasteiger partial charge on any atom is -0.493 e. The molecule has 5 nitrogen and oxygen atoms in total. The fraction of sp³-hybridized carbons (Fsp3) is 0.429. The fourth-order valence-electron chi connectivity index (χ4n) is 2.23. The van der Waals surface area contributed by atoms with E-state index in [4.69, 9.17) is 9.47 Å². The second-order valence-corrected chi connectivity index (χ2v) is 5.45. The van der Waals surface area contributed by atoms with E-state index in [1.54, 1.807) is 7.11 Å². The van der Waals surface area contributed by atoms with Gasteiger partial charge in [0.1, 0.15) is 5.75 Å². The van der Waals surface area contributed by atoms with Crippen molar-refractivity contribution in [1.82, 2.24) is 9.36 Å². The first-order valence-electron chi connectivity index (χ1n) is 6.64. The molecule has 0 fully saturated rings. The molecule has 20 heavy (non-hydrogen) atoms.